The Balaban J connectivity index is 2.27. The minimum Gasteiger partial charge on any atom is -0.454 e. The van der Waals surface area contributed by atoms with Crippen LogP contribution in [0.4, 0.5) is 5.69 Å². The molecule has 0 spiro atoms. The van der Waals surface area contributed by atoms with E-state index in [9.17, 15) is 0 Å². The molecular formula is C11H8BrClN2O. The second-order valence-corrected chi connectivity index (χ2v) is 4.48. The van der Waals surface area contributed by atoms with E-state index < -0.39 is 0 Å². The topological polar surface area (TPSA) is 48.1 Å². The van der Waals surface area contributed by atoms with E-state index in [-0.39, 0.29) is 0 Å². The second kappa shape index (κ2) is 4.72. The van der Waals surface area contributed by atoms with E-state index in [1.807, 2.05) is 6.07 Å². The summed E-state index contributed by atoms with van der Waals surface area (Å²) in [5, 5.41) is 0.521. The lowest BCUT2D eigenvalue weighted by Gasteiger charge is -2.08. The third kappa shape index (κ3) is 2.65. The van der Waals surface area contributed by atoms with Gasteiger partial charge in [0, 0.05) is 16.7 Å². The van der Waals surface area contributed by atoms with Gasteiger partial charge in [0.05, 0.1) is 16.9 Å². The Hall–Kier alpha value is -1.26. The van der Waals surface area contributed by atoms with Crippen LogP contribution in [0.2, 0.25) is 5.02 Å². The van der Waals surface area contributed by atoms with Gasteiger partial charge in [-0.05, 0) is 18.2 Å². The summed E-state index contributed by atoms with van der Waals surface area (Å²) in [6.07, 6.45) is 3.12. The Morgan fingerprint density at radius 2 is 2.06 bits per heavy atom. The molecule has 0 saturated heterocycles. The quantitative estimate of drug-likeness (QED) is 0.856. The van der Waals surface area contributed by atoms with Gasteiger partial charge in [-0.25, -0.2) is 0 Å². The highest BCUT2D eigenvalue weighted by atomic mass is 79.9. The first-order valence-electron chi connectivity index (χ1n) is 4.48. The first kappa shape index (κ1) is 11.2. The van der Waals surface area contributed by atoms with Gasteiger partial charge in [-0.1, -0.05) is 27.5 Å². The van der Waals surface area contributed by atoms with Crippen molar-refractivity contribution in [3.63, 3.8) is 0 Å². The summed E-state index contributed by atoms with van der Waals surface area (Å²) in [6, 6.07) is 7.08. The zero-order chi connectivity index (χ0) is 11.5. The third-order valence-electron chi connectivity index (χ3n) is 1.88. The Morgan fingerprint density at radius 3 is 2.75 bits per heavy atom. The summed E-state index contributed by atoms with van der Waals surface area (Å²) in [6.45, 7) is 0. The maximum absolute atomic E-state index is 5.80. The van der Waals surface area contributed by atoms with Crippen LogP contribution in [0.5, 0.6) is 11.5 Å². The van der Waals surface area contributed by atoms with Crippen LogP contribution < -0.4 is 10.5 Å². The zero-order valence-electron chi connectivity index (χ0n) is 8.15. The average molecular weight is 300 g/mol. The molecule has 1 heterocycles. The minimum atomic E-state index is 0.521. The highest BCUT2D eigenvalue weighted by Gasteiger charge is 2.03. The Kier molecular flexibility index (Phi) is 3.31. The molecule has 82 valence electrons. The van der Waals surface area contributed by atoms with Gasteiger partial charge in [0.1, 0.15) is 11.5 Å². The van der Waals surface area contributed by atoms with Crippen molar-refractivity contribution in [2.45, 2.75) is 0 Å². The second-order valence-electron chi connectivity index (χ2n) is 3.12. The Labute approximate surface area is 106 Å². The van der Waals surface area contributed by atoms with Crippen molar-refractivity contribution in [1.82, 2.24) is 4.98 Å². The fourth-order valence-corrected chi connectivity index (χ4v) is 1.73. The standard InChI is InChI=1S/C11H8BrClN2O/c12-7-1-2-11(10(14)3-7)16-9-4-8(13)5-15-6-9/h1-6H,14H2. The number of ether oxygens (including phenoxy) is 1. The Morgan fingerprint density at radius 1 is 1.25 bits per heavy atom. The lowest BCUT2D eigenvalue weighted by molar-refractivity contribution is 0.482. The molecule has 0 radical (unpaired) electrons. The van der Waals surface area contributed by atoms with Gasteiger partial charge in [-0.2, -0.15) is 0 Å². The molecule has 3 nitrogen and oxygen atoms in total. The van der Waals surface area contributed by atoms with Crippen molar-refractivity contribution in [3.8, 4) is 11.5 Å². The van der Waals surface area contributed by atoms with E-state index in [0.29, 0.717) is 22.2 Å². The van der Waals surface area contributed by atoms with E-state index >= 15 is 0 Å². The molecule has 16 heavy (non-hydrogen) atoms. The van der Waals surface area contributed by atoms with Crippen LogP contribution in [0.3, 0.4) is 0 Å². The van der Waals surface area contributed by atoms with Crippen molar-refractivity contribution in [2.75, 3.05) is 5.73 Å². The summed E-state index contributed by atoms with van der Waals surface area (Å²) in [5.41, 5.74) is 6.35. The number of nitrogens with zero attached hydrogens (tertiary/aromatic N) is 1. The van der Waals surface area contributed by atoms with Crippen LogP contribution in [-0.4, -0.2) is 4.98 Å². The summed E-state index contributed by atoms with van der Waals surface area (Å²) in [7, 11) is 0. The van der Waals surface area contributed by atoms with Crippen LogP contribution in [0.25, 0.3) is 0 Å². The van der Waals surface area contributed by atoms with Gasteiger partial charge >= 0.3 is 0 Å². The molecule has 0 saturated carbocycles. The summed E-state index contributed by atoms with van der Waals surface area (Å²) >= 11 is 9.12. The number of nitrogens with two attached hydrogens (primary N) is 1. The number of anilines is 1. The predicted octanol–water partition coefficient (Wildman–Crippen LogP) is 3.87. The van der Waals surface area contributed by atoms with Gasteiger partial charge in [-0.3, -0.25) is 4.98 Å². The van der Waals surface area contributed by atoms with Gasteiger partial charge in [0.2, 0.25) is 0 Å². The number of pyridine rings is 1. The molecule has 0 fully saturated rings. The van der Waals surface area contributed by atoms with Crippen LogP contribution in [0.1, 0.15) is 0 Å². The van der Waals surface area contributed by atoms with Gasteiger partial charge in [-0.15, -0.1) is 0 Å². The van der Waals surface area contributed by atoms with Crippen LogP contribution >= 0.6 is 27.5 Å². The molecule has 0 atom stereocenters. The largest absolute Gasteiger partial charge is 0.454 e. The predicted molar refractivity (Wildman–Crippen MR) is 67.9 cm³/mol. The lowest BCUT2D eigenvalue weighted by Crippen LogP contribution is -1.92. The normalized spacial score (nSPS) is 10.1. The number of rotatable bonds is 2. The number of benzene rings is 1. The van der Waals surface area contributed by atoms with Crippen LogP contribution in [0, 0.1) is 0 Å². The summed E-state index contributed by atoms with van der Waals surface area (Å²) in [5.74, 6) is 1.13. The summed E-state index contributed by atoms with van der Waals surface area (Å²) in [4.78, 5) is 3.92. The molecular weight excluding hydrogens is 291 g/mol. The fourth-order valence-electron chi connectivity index (χ4n) is 1.19. The maximum Gasteiger partial charge on any atom is 0.150 e. The number of hydrogen-bond donors (Lipinski definition) is 1. The summed E-state index contributed by atoms with van der Waals surface area (Å²) < 4.78 is 6.46. The van der Waals surface area contributed by atoms with Crippen LogP contribution in [-0.2, 0) is 0 Å². The lowest BCUT2D eigenvalue weighted by atomic mass is 10.3. The van der Waals surface area contributed by atoms with Crippen molar-refractivity contribution in [2.24, 2.45) is 0 Å². The molecule has 0 aliphatic carbocycles. The highest BCUT2D eigenvalue weighted by molar-refractivity contribution is 9.10. The average Bonchev–Trinajstić information content (AvgIpc) is 2.22. The van der Waals surface area contributed by atoms with Gasteiger partial charge < -0.3 is 10.5 Å². The molecule has 2 aromatic rings. The molecule has 0 unspecified atom stereocenters. The van der Waals surface area contributed by atoms with Crippen LogP contribution in [0.15, 0.2) is 41.1 Å². The Bertz CT molecular complexity index is 519. The zero-order valence-corrected chi connectivity index (χ0v) is 10.5. The van der Waals surface area contributed by atoms with E-state index in [4.69, 9.17) is 22.1 Å². The van der Waals surface area contributed by atoms with E-state index in [2.05, 4.69) is 20.9 Å². The fraction of sp³-hybridized carbons (Fsp3) is 0. The molecule has 0 aliphatic rings. The van der Waals surface area contributed by atoms with Gasteiger partial charge in [0.15, 0.2) is 0 Å². The SMILES string of the molecule is Nc1cc(Br)ccc1Oc1cncc(Cl)c1. The van der Waals surface area contributed by atoms with Crippen molar-refractivity contribution in [1.29, 1.82) is 0 Å². The van der Waals surface area contributed by atoms with E-state index in [1.54, 1.807) is 30.6 Å². The number of hydrogen-bond acceptors (Lipinski definition) is 3. The number of halogens is 2. The third-order valence-corrected chi connectivity index (χ3v) is 2.58. The highest BCUT2D eigenvalue weighted by Crippen LogP contribution is 2.30. The van der Waals surface area contributed by atoms with E-state index in [1.165, 1.54) is 0 Å². The van der Waals surface area contributed by atoms with E-state index in [0.717, 1.165) is 4.47 Å². The number of nitrogen functional groups attached to an aromatic ring is 1. The molecule has 5 heteroatoms. The monoisotopic (exact) mass is 298 g/mol. The van der Waals surface area contributed by atoms with Crippen molar-refractivity contribution in [3.05, 3.63) is 46.2 Å². The first-order chi connectivity index (χ1) is 7.65. The molecule has 0 aliphatic heterocycles. The molecule has 0 bridgehead atoms. The smallest absolute Gasteiger partial charge is 0.150 e. The molecule has 1 aromatic carbocycles. The molecule has 0 amide bonds. The first-order valence-corrected chi connectivity index (χ1v) is 5.65. The molecule has 2 N–H and O–H groups in total. The minimum absolute atomic E-state index is 0.521. The van der Waals surface area contributed by atoms with Gasteiger partial charge in [0.25, 0.3) is 0 Å². The molecule has 1 aromatic heterocycles. The number of aromatic nitrogens is 1. The van der Waals surface area contributed by atoms with Crippen molar-refractivity contribution < 1.29 is 4.74 Å². The molecule has 2 rings (SSSR count). The van der Waals surface area contributed by atoms with Crippen molar-refractivity contribution >= 4 is 33.2 Å². The maximum atomic E-state index is 5.80.